The van der Waals surface area contributed by atoms with Crippen LogP contribution in [0.1, 0.15) is 0 Å². The van der Waals surface area contributed by atoms with Crippen LogP contribution in [0, 0.1) is 0 Å². The largest absolute Gasteiger partial charge is 0.482 e. The van der Waals surface area contributed by atoms with E-state index in [1.165, 1.54) is 0 Å². The number of nitrogens with zero attached hydrogens (tertiary/aromatic N) is 1. The summed E-state index contributed by atoms with van der Waals surface area (Å²) >= 11 is 11.8. The van der Waals surface area contributed by atoms with Crippen LogP contribution in [-0.4, -0.2) is 29.8 Å². The van der Waals surface area contributed by atoms with E-state index < -0.39 is 0 Å². The molecular weight excluding hydrogens is 375 g/mol. The highest BCUT2D eigenvalue weighted by atomic mass is 35.5. The second-order valence-electron chi connectivity index (χ2n) is 4.29. The highest BCUT2D eigenvalue weighted by molar-refractivity contribution is 8.76. The molecule has 0 aliphatic carbocycles. The molecule has 0 aliphatic heterocycles. The smallest absolute Gasteiger partial charge is 0.257 e. The molecule has 23 heavy (non-hydrogen) atoms. The Morgan fingerprint density at radius 2 is 2.13 bits per heavy atom. The third-order valence-electron chi connectivity index (χ3n) is 2.54. The summed E-state index contributed by atoms with van der Waals surface area (Å²) in [6.45, 7) is 0.473. The summed E-state index contributed by atoms with van der Waals surface area (Å²) < 4.78 is 5.36. The standard InChI is InChI=1S/C15H14Cl2N2O2S2/c16-11-4-5-13(12(17)9-11)21-10-14(20)18-7-8-22-23-15-3-1-2-6-19-15/h1-6,9H,7-8,10H2,(H,18,20). The number of rotatable bonds is 8. The fourth-order valence-electron chi connectivity index (χ4n) is 1.52. The maximum Gasteiger partial charge on any atom is 0.257 e. The summed E-state index contributed by atoms with van der Waals surface area (Å²) in [4.78, 5) is 15.9. The van der Waals surface area contributed by atoms with Crippen LogP contribution in [0.3, 0.4) is 0 Å². The minimum atomic E-state index is -0.195. The van der Waals surface area contributed by atoms with Crippen molar-refractivity contribution in [3.8, 4) is 5.75 Å². The Morgan fingerprint density at radius 3 is 2.87 bits per heavy atom. The van der Waals surface area contributed by atoms with Crippen molar-refractivity contribution in [2.45, 2.75) is 5.03 Å². The first-order valence-corrected chi connectivity index (χ1v) is 9.77. The predicted molar refractivity (Wildman–Crippen MR) is 97.5 cm³/mol. The highest BCUT2D eigenvalue weighted by Gasteiger charge is 2.06. The minimum absolute atomic E-state index is 0.0839. The lowest BCUT2D eigenvalue weighted by atomic mass is 10.3. The van der Waals surface area contributed by atoms with Gasteiger partial charge in [-0.15, -0.1) is 0 Å². The van der Waals surface area contributed by atoms with E-state index >= 15 is 0 Å². The molecular formula is C15H14Cl2N2O2S2. The van der Waals surface area contributed by atoms with E-state index in [9.17, 15) is 4.79 Å². The number of aromatic nitrogens is 1. The van der Waals surface area contributed by atoms with Gasteiger partial charge in [-0.25, -0.2) is 4.98 Å². The lowest BCUT2D eigenvalue weighted by molar-refractivity contribution is -0.122. The Balaban J connectivity index is 1.60. The van der Waals surface area contributed by atoms with E-state index in [2.05, 4.69) is 10.3 Å². The number of ether oxygens (including phenoxy) is 1. The molecule has 122 valence electrons. The van der Waals surface area contributed by atoms with Gasteiger partial charge in [0, 0.05) is 23.5 Å². The molecule has 1 amide bonds. The number of amides is 1. The Hall–Kier alpha value is -1.08. The number of carbonyl (C=O) groups is 1. The third kappa shape index (κ3) is 6.91. The van der Waals surface area contributed by atoms with Crippen LogP contribution in [0.25, 0.3) is 0 Å². The first kappa shape index (κ1) is 18.3. The predicted octanol–water partition coefficient (Wildman–Crippen LogP) is 4.32. The van der Waals surface area contributed by atoms with Gasteiger partial charge in [0.25, 0.3) is 5.91 Å². The van der Waals surface area contributed by atoms with Crippen molar-refractivity contribution in [3.63, 3.8) is 0 Å². The molecule has 0 saturated heterocycles. The minimum Gasteiger partial charge on any atom is -0.482 e. The van der Waals surface area contributed by atoms with E-state index in [4.69, 9.17) is 27.9 Å². The first-order valence-electron chi connectivity index (χ1n) is 6.70. The van der Waals surface area contributed by atoms with Crippen molar-refractivity contribution < 1.29 is 9.53 Å². The van der Waals surface area contributed by atoms with E-state index in [0.29, 0.717) is 22.3 Å². The van der Waals surface area contributed by atoms with Crippen LogP contribution in [0.4, 0.5) is 0 Å². The maximum atomic E-state index is 11.7. The Kier molecular flexibility index (Phi) is 7.88. The van der Waals surface area contributed by atoms with E-state index in [1.807, 2.05) is 18.2 Å². The SMILES string of the molecule is O=C(COc1ccc(Cl)cc1Cl)NCCSSc1ccccn1. The second kappa shape index (κ2) is 9.93. The van der Waals surface area contributed by atoms with Gasteiger partial charge in [0.05, 0.1) is 5.02 Å². The molecule has 1 aromatic heterocycles. The van der Waals surface area contributed by atoms with Gasteiger partial charge in [0.15, 0.2) is 6.61 Å². The number of carbonyl (C=O) groups excluding carboxylic acids is 1. The molecule has 0 bridgehead atoms. The van der Waals surface area contributed by atoms with Crippen LogP contribution < -0.4 is 10.1 Å². The quantitative estimate of drug-likeness (QED) is 0.538. The van der Waals surface area contributed by atoms with Crippen LogP contribution in [0.2, 0.25) is 10.0 Å². The number of pyridine rings is 1. The summed E-state index contributed by atoms with van der Waals surface area (Å²) in [5, 5.41) is 4.64. The molecule has 0 radical (unpaired) electrons. The first-order chi connectivity index (χ1) is 11.1. The van der Waals surface area contributed by atoms with Crippen molar-refractivity contribution in [2.75, 3.05) is 18.9 Å². The van der Waals surface area contributed by atoms with Crippen molar-refractivity contribution in [3.05, 3.63) is 52.6 Å². The molecule has 0 atom stereocenters. The van der Waals surface area contributed by atoms with Gasteiger partial charge in [-0.2, -0.15) is 0 Å². The van der Waals surface area contributed by atoms with Crippen LogP contribution in [0.15, 0.2) is 47.6 Å². The van der Waals surface area contributed by atoms with Crippen LogP contribution in [0.5, 0.6) is 5.75 Å². The number of nitrogens with one attached hydrogen (secondary N) is 1. The maximum absolute atomic E-state index is 11.7. The van der Waals surface area contributed by atoms with Gasteiger partial charge in [0.1, 0.15) is 10.8 Å². The van der Waals surface area contributed by atoms with Gasteiger partial charge < -0.3 is 10.1 Å². The van der Waals surface area contributed by atoms with E-state index in [0.717, 1.165) is 10.8 Å². The van der Waals surface area contributed by atoms with Gasteiger partial charge >= 0.3 is 0 Å². The zero-order valence-corrected chi connectivity index (χ0v) is 15.1. The summed E-state index contributed by atoms with van der Waals surface area (Å²) in [6, 6.07) is 10.6. The third-order valence-corrected chi connectivity index (χ3v) is 5.34. The molecule has 1 aromatic carbocycles. The molecule has 0 unspecified atom stereocenters. The van der Waals surface area contributed by atoms with E-state index in [1.54, 1.807) is 46.0 Å². The molecule has 2 aromatic rings. The van der Waals surface area contributed by atoms with Gasteiger partial charge in [-0.1, -0.05) is 40.1 Å². The number of hydrogen-bond donors (Lipinski definition) is 1. The molecule has 0 saturated carbocycles. The Morgan fingerprint density at radius 1 is 1.26 bits per heavy atom. The van der Waals surface area contributed by atoms with Gasteiger partial charge in [-0.05, 0) is 41.1 Å². The van der Waals surface area contributed by atoms with E-state index in [-0.39, 0.29) is 12.5 Å². The number of halogens is 2. The van der Waals surface area contributed by atoms with Gasteiger partial charge in [-0.3, -0.25) is 4.79 Å². The molecule has 8 heteroatoms. The number of benzene rings is 1. The lowest BCUT2D eigenvalue weighted by Gasteiger charge is -2.08. The molecule has 4 nitrogen and oxygen atoms in total. The molecule has 0 aliphatic rings. The van der Waals surface area contributed by atoms with Gasteiger partial charge in [0.2, 0.25) is 0 Å². The lowest BCUT2D eigenvalue weighted by Crippen LogP contribution is -2.30. The summed E-state index contributed by atoms with van der Waals surface area (Å²) in [5.41, 5.74) is 0. The summed E-state index contributed by atoms with van der Waals surface area (Å²) in [6.07, 6.45) is 1.75. The fraction of sp³-hybridized carbons (Fsp3) is 0.200. The van der Waals surface area contributed by atoms with Crippen molar-refractivity contribution >= 4 is 50.7 Å². The monoisotopic (exact) mass is 388 g/mol. The molecule has 0 spiro atoms. The zero-order chi connectivity index (χ0) is 16.5. The van der Waals surface area contributed by atoms with Crippen molar-refractivity contribution in [1.82, 2.24) is 10.3 Å². The average molecular weight is 389 g/mol. The van der Waals surface area contributed by atoms with Crippen LogP contribution >= 0.6 is 44.8 Å². The molecule has 1 N–H and O–H groups in total. The zero-order valence-electron chi connectivity index (χ0n) is 12.0. The van der Waals surface area contributed by atoms with Crippen molar-refractivity contribution in [2.24, 2.45) is 0 Å². The molecule has 1 heterocycles. The second-order valence-corrected chi connectivity index (χ2v) is 7.57. The molecule has 2 rings (SSSR count). The van der Waals surface area contributed by atoms with Crippen LogP contribution in [-0.2, 0) is 4.79 Å². The van der Waals surface area contributed by atoms with Crippen molar-refractivity contribution in [1.29, 1.82) is 0 Å². The Bertz CT molecular complexity index is 645. The average Bonchev–Trinajstić information content (AvgIpc) is 2.54. The summed E-state index contributed by atoms with van der Waals surface area (Å²) in [5.74, 6) is 1.01. The molecule has 0 fully saturated rings. The summed E-state index contributed by atoms with van der Waals surface area (Å²) in [7, 11) is 3.21. The highest BCUT2D eigenvalue weighted by Crippen LogP contribution is 2.28. The fourth-order valence-corrected chi connectivity index (χ4v) is 3.77. The topological polar surface area (TPSA) is 51.2 Å². The Labute approximate surface area is 152 Å². The number of hydrogen-bond acceptors (Lipinski definition) is 5. The normalized spacial score (nSPS) is 10.3.